The number of rotatable bonds is 2. The Labute approximate surface area is 40.6 Å². The van der Waals surface area contributed by atoms with Crippen LogP contribution in [0, 0.1) is 10.8 Å². The molecular formula is C2H4N2O2P-. The molecule has 5 heteroatoms. The van der Waals surface area contributed by atoms with E-state index in [4.69, 9.17) is 10.8 Å². The van der Waals surface area contributed by atoms with Crippen molar-refractivity contribution in [1.82, 2.24) is 0 Å². The van der Waals surface area contributed by atoms with Crippen molar-refractivity contribution in [3.05, 3.63) is 0 Å². The van der Waals surface area contributed by atoms with Crippen LogP contribution in [-0.4, -0.2) is 11.9 Å². The molecule has 0 unspecified atom stereocenters. The van der Waals surface area contributed by atoms with Gasteiger partial charge in [-0.2, -0.15) is 0 Å². The zero-order valence-electron chi connectivity index (χ0n) is 3.42. The highest BCUT2D eigenvalue weighted by atomic mass is 31.2. The minimum Gasteiger partial charge on any atom is -0.791 e. The molecule has 0 aromatic heterocycles. The van der Waals surface area contributed by atoms with E-state index in [1.54, 1.807) is 0 Å². The molecule has 0 rings (SSSR count). The fourth-order valence-corrected chi connectivity index (χ4v) is 0.112. The summed E-state index contributed by atoms with van der Waals surface area (Å²) in [6, 6.07) is 0. The number of hydrogen-bond acceptors (Lipinski definition) is 4. The molecule has 7 heavy (non-hydrogen) atoms. The highest BCUT2D eigenvalue weighted by molar-refractivity contribution is 7.84. The predicted molar refractivity (Wildman–Crippen MR) is 25.2 cm³/mol. The van der Waals surface area contributed by atoms with Gasteiger partial charge in [0, 0.05) is 11.9 Å². The van der Waals surface area contributed by atoms with Gasteiger partial charge in [-0.05, 0) is 0 Å². The molecule has 40 valence electrons. The van der Waals surface area contributed by atoms with Crippen molar-refractivity contribution in [1.29, 1.82) is 10.8 Å². The van der Waals surface area contributed by atoms with Crippen LogP contribution >= 0.6 is 7.37 Å². The summed E-state index contributed by atoms with van der Waals surface area (Å²) < 4.78 is 9.91. The van der Waals surface area contributed by atoms with Crippen molar-refractivity contribution in [2.45, 2.75) is 0 Å². The van der Waals surface area contributed by atoms with Gasteiger partial charge in [-0.15, -0.1) is 0 Å². The summed E-state index contributed by atoms with van der Waals surface area (Å²) in [5, 5.41) is 12.3. The van der Waals surface area contributed by atoms with E-state index in [1.165, 1.54) is 0 Å². The average Bonchev–Trinajstić information content (AvgIpc) is 1.68. The minimum absolute atomic E-state index is 0.250. The first-order valence-electron chi connectivity index (χ1n) is 1.46. The Hall–Kier alpha value is -0.470. The average molecular weight is 119 g/mol. The Balaban J connectivity index is 4.13. The van der Waals surface area contributed by atoms with Crippen LogP contribution < -0.4 is 4.89 Å². The van der Waals surface area contributed by atoms with E-state index in [-0.39, 0.29) is 11.9 Å². The van der Waals surface area contributed by atoms with Gasteiger partial charge < -0.3 is 20.3 Å². The highest BCUT2D eigenvalue weighted by Gasteiger charge is 1.91. The lowest BCUT2D eigenvalue weighted by atomic mass is 11.7. The number of hydrogen-bond donors (Lipinski definition) is 2. The van der Waals surface area contributed by atoms with Crippen LogP contribution in [0.3, 0.4) is 0 Å². The molecule has 0 aliphatic rings. The SMILES string of the molecule is N=CP(=O)([O-])C=N. The Bertz CT molecular complexity index is 120. The Morgan fingerprint density at radius 3 is 1.71 bits per heavy atom. The van der Waals surface area contributed by atoms with Crippen LogP contribution in [0.5, 0.6) is 0 Å². The van der Waals surface area contributed by atoms with Gasteiger partial charge in [-0.3, -0.25) is 0 Å². The van der Waals surface area contributed by atoms with Crippen LogP contribution in [-0.2, 0) is 4.57 Å². The summed E-state index contributed by atoms with van der Waals surface area (Å²) in [4.78, 5) is 9.91. The molecular weight excluding hydrogens is 115 g/mol. The molecule has 0 aromatic rings. The molecule has 2 N–H and O–H groups in total. The molecule has 0 aliphatic heterocycles. The second kappa shape index (κ2) is 2.00. The summed E-state index contributed by atoms with van der Waals surface area (Å²) in [5.41, 5.74) is 0. The minimum atomic E-state index is -3.82. The summed E-state index contributed by atoms with van der Waals surface area (Å²) in [6.45, 7) is 0. The highest BCUT2D eigenvalue weighted by Crippen LogP contribution is 2.24. The van der Waals surface area contributed by atoms with Crippen LogP contribution in [0.4, 0.5) is 0 Å². The van der Waals surface area contributed by atoms with Crippen molar-refractivity contribution >= 4 is 19.3 Å². The zero-order chi connectivity index (χ0) is 5.91. The molecule has 0 saturated heterocycles. The number of nitrogens with one attached hydrogen (secondary N) is 2. The van der Waals surface area contributed by atoms with Crippen LogP contribution in [0.15, 0.2) is 0 Å². The summed E-state index contributed by atoms with van der Waals surface area (Å²) in [5.74, 6) is 0.500. The lowest BCUT2D eigenvalue weighted by Gasteiger charge is -2.07. The second-order valence-corrected chi connectivity index (χ2v) is 2.71. The molecule has 0 amide bonds. The largest absolute Gasteiger partial charge is 0.791 e. The van der Waals surface area contributed by atoms with Crippen molar-refractivity contribution in [3.63, 3.8) is 0 Å². The molecule has 0 bridgehead atoms. The van der Waals surface area contributed by atoms with Crippen molar-refractivity contribution in [2.24, 2.45) is 0 Å². The van der Waals surface area contributed by atoms with Crippen LogP contribution in [0.2, 0.25) is 0 Å². The van der Waals surface area contributed by atoms with Gasteiger partial charge >= 0.3 is 0 Å². The lowest BCUT2D eigenvalue weighted by molar-refractivity contribution is -0.164. The van der Waals surface area contributed by atoms with Gasteiger partial charge in [-0.25, -0.2) is 0 Å². The first-order valence-corrected chi connectivity index (χ1v) is 3.22. The van der Waals surface area contributed by atoms with Crippen LogP contribution in [0.1, 0.15) is 0 Å². The summed E-state index contributed by atoms with van der Waals surface area (Å²) >= 11 is 0. The van der Waals surface area contributed by atoms with Gasteiger partial charge in [0.05, 0.1) is 7.37 Å². The Morgan fingerprint density at radius 2 is 1.71 bits per heavy atom. The van der Waals surface area contributed by atoms with Crippen molar-refractivity contribution in [2.75, 3.05) is 0 Å². The van der Waals surface area contributed by atoms with E-state index in [0.29, 0.717) is 0 Å². The maximum Gasteiger partial charge on any atom is 0.0921 e. The van der Waals surface area contributed by atoms with Crippen molar-refractivity contribution in [3.8, 4) is 0 Å². The molecule has 0 radical (unpaired) electrons. The quantitative estimate of drug-likeness (QED) is 0.390. The van der Waals surface area contributed by atoms with Crippen molar-refractivity contribution < 1.29 is 9.46 Å². The smallest absolute Gasteiger partial charge is 0.0921 e. The summed E-state index contributed by atoms with van der Waals surface area (Å²) in [7, 11) is -3.82. The third-order valence-corrected chi connectivity index (χ3v) is 1.08. The zero-order valence-corrected chi connectivity index (χ0v) is 4.31. The maximum atomic E-state index is 9.91. The third-order valence-electron chi connectivity index (χ3n) is 0.360. The van der Waals surface area contributed by atoms with E-state index in [9.17, 15) is 9.46 Å². The maximum absolute atomic E-state index is 9.91. The molecule has 0 saturated carbocycles. The fourth-order valence-electron chi connectivity index (χ4n) is 0.0373. The topological polar surface area (TPSA) is 87.8 Å². The van der Waals surface area contributed by atoms with E-state index in [0.717, 1.165) is 0 Å². The molecule has 0 aromatic carbocycles. The van der Waals surface area contributed by atoms with E-state index in [1.807, 2.05) is 0 Å². The molecule has 0 heterocycles. The van der Waals surface area contributed by atoms with Crippen LogP contribution in [0.25, 0.3) is 0 Å². The van der Waals surface area contributed by atoms with E-state index in [2.05, 4.69) is 0 Å². The molecule has 0 fully saturated rings. The fraction of sp³-hybridized carbons (Fsp3) is 0. The lowest BCUT2D eigenvalue weighted by Crippen LogP contribution is -2.00. The standard InChI is InChI=1S/C2H5N2O2P/c3-1-7(5,6)2-4/h1-4H,(H,5,6)/p-1. The van der Waals surface area contributed by atoms with Gasteiger partial charge in [0.1, 0.15) is 0 Å². The van der Waals surface area contributed by atoms with Gasteiger partial charge in [0.2, 0.25) is 0 Å². The normalized spacial score (nSPS) is 17.3. The Kier molecular flexibility index (Phi) is 1.87. The monoisotopic (exact) mass is 119 g/mol. The van der Waals surface area contributed by atoms with E-state index >= 15 is 0 Å². The second-order valence-electron chi connectivity index (χ2n) is 0.903. The Morgan fingerprint density at radius 1 is 1.43 bits per heavy atom. The predicted octanol–water partition coefficient (Wildman–Crippen LogP) is -0.161. The molecule has 0 atom stereocenters. The van der Waals surface area contributed by atoms with Gasteiger partial charge in [0.15, 0.2) is 0 Å². The third kappa shape index (κ3) is 2.25. The molecule has 0 aliphatic carbocycles. The van der Waals surface area contributed by atoms with E-state index < -0.39 is 7.37 Å². The summed E-state index contributed by atoms with van der Waals surface area (Å²) in [6.07, 6.45) is 0. The first-order chi connectivity index (χ1) is 3.12. The molecule has 0 spiro atoms. The van der Waals surface area contributed by atoms with Gasteiger partial charge in [0.25, 0.3) is 0 Å². The van der Waals surface area contributed by atoms with Gasteiger partial charge in [-0.1, -0.05) is 0 Å². The molecule has 4 nitrogen and oxygen atoms in total. The first kappa shape index (κ1) is 6.53.